The molecule has 0 amide bonds. The third-order valence-corrected chi connectivity index (χ3v) is 3.89. The molecule has 2 rings (SSSR count). The van der Waals surface area contributed by atoms with Crippen molar-refractivity contribution in [3.63, 3.8) is 0 Å². The summed E-state index contributed by atoms with van der Waals surface area (Å²) in [6, 6.07) is 3.81. The number of nitrogens with two attached hydrogens (primary N) is 1. The number of aromatic nitrogens is 1. The summed E-state index contributed by atoms with van der Waals surface area (Å²) < 4.78 is 0. The van der Waals surface area contributed by atoms with Gasteiger partial charge in [-0.25, -0.2) is 4.98 Å². The highest BCUT2D eigenvalue weighted by atomic mass is 15.2. The molecular formula is C15H24N4. The number of nitrogens with zero attached hydrogens (tertiary/aromatic N) is 2. The van der Waals surface area contributed by atoms with E-state index in [0.717, 1.165) is 36.1 Å². The summed E-state index contributed by atoms with van der Waals surface area (Å²) in [5, 5.41) is 7.56. The highest BCUT2D eigenvalue weighted by Crippen LogP contribution is 2.25. The van der Waals surface area contributed by atoms with E-state index in [1.54, 1.807) is 0 Å². The molecule has 0 saturated carbocycles. The Hall–Kier alpha value is -1.58. The van der Waals surface area contributed by atoms with Crippen LogP contribution in [0.2, 0.25) is 0 Å². The van der Waals surface area contributed by atoms with Crippen LogP contribution in [0.1, 0.15) is 43.9 Å². The maximum absolute atomic E-state index is 7.56. The van der Waals surface area contributed by atoms with Crippen LogP contribution >= 0.6 is 0 Å². The second-order valence-electron chi connectivity index (χ2n) is 5.49. The first-order valence-corrected chi connectivity index (χ1v) is 7.18. The molecule has 1 aromatic heterocycles. The van der Waals surface area contributed by atoms with E-state index >= 15 is 0 Å². The standard InChI is InChI=1S/C15H24N4/c1-3-4-12-5-7-19(8-6-12)14-10-13(15(16)17)9-11(2)18-14/h9-10,12H,3-8H2,1-2H3,(H3,16,17). The number of rotatable bonds is 4. The average Bonchev–Trinajstić information content (AvgIpc) is 2.39. The second-order valence-corrected chi connectivity index (χ2v) is 5.49. The summed E-state index contributed by atoms with van der Waals surface area (Å²) in [5.41, 5.74) is 7.28. The maximum atomic E-state index is 7.56. The fraction of sp³-hybridized carbons (Fsp3) is 0.600. The van der Waals surface area contributed by atoms with Gasteiger partial charge in [0, 0.05) is 24.3 Å². The molecule has 0 unspecified atom stereocenters. The monoisotopic (exact) mass is 260 g/mol. The van der Waals surface area contributed by atoms with E-state index in [9.17, 15) is 0 Å². The predicted octanol–water partition coefficient (Wildman–Crippen LogP) is 2.69. The molecule has 104 valence electrons. The molecule has 3 N–H and O–H groups in total. The van der Waals surface area contributed by atoms with Crippen LogP contribution in [0.5, 0.6) is 0 Å². The third-order valence-electron chi connectivity index (χ3n) is 3.89. The number of amidine groups is 1. The Morgan fingerprint density at radius 1 is 1.42 bits per heavy atom. The van der Waals surface area contributed by atoms with Gasteiger partial charge in [-0.15, -0.1) is 0 Å². The van der Waals surface area contributed by atoms with E-state index in [1.165, 1.54) is 25.7 Å². The summed E-state index contributed by atoms with van der Waals surface area (Å²) in [5.74, 6) is 1.96. The van der Waals surface area contributed by atoms with Crippen LogP contribution in [0.25, 0.3) is 0 Å². The first kappa shape index (κ1) is 13.8. The number of hydrogen-bond acceptors (Lipinski definition) is 3. The van der Waals surface area contributed by atoms with Gasteiger partial charge in [-0.2, -0.15) is 0 Å². The topological polar surface area (TPSA) is 66.0 Å². The number of nitrogen functional groups attached to an aromatic ring is 1. The number of hydrogen-bond donors (Lipinski definition) is 2. The van der Waals surface area contributed by atoms with Gasteiger partial charge in [0.15, 0.2) is 0 Å². The van der Waals surface area contributed by atoms with E-state index in [-0.39, 0.29) is 5.84 Å². The molecule has 2 heterocycles. The van der Waals surface area contributed by atoms with Crippen LogP contribution in [0.3, 0.4) is 0 Å². The summed E-state index contributed by atoms with van der Waals surface area (Å²) in [6.45, 7) is 6.35. The summed E-state index contributed by atoms with van der Waals surface area (Å²) in [4.78, 5) is 6.91. The lowest BCUT2D eigenvalue weighted by molar-refractivity contribution is 0.377. The minimum absolute atomic E-state index is 0.118. The quantitative estimate of drug-likeness (QED) is 0.646. The van der Waals surface area contributed by atoms with E-state index in [1.807, 2.05) is 19.1 Å². The minimum atomic E-state index is 0.118. The highest BCUT2D eigenvalue weighted by Gasteiger charge is 2.20. The Balaban J connectivity index is 2.09. The van der Waals surface area contributed by atoms with Crippen molar-refractivity contribution in [1.82, 2.24) is 4.98 Å². The van der Waals surface area contributed by atoms with Crippen molar-refractivity contribution in [1.29, 1.82) is 5.41 Å². The SMILES string of the molecule is CCCC1CCN(c2cc(C(=N)N)cc(C)n2)CC1. The molecule has 0 aliphatic carbocycles. The lowest BCUT2D eigenvalue weighted by Gasteiger charge is -2.33. The molecule has 0 aromatic carbocycles. The molecule has 4 nitrogen and oxygen atoms in total. The van der Waals surface area contributed by atoms with Gasteiger partial charge < -0.3 is 10.6 Å². The van der Waals surface area contributed by atoms with Crippen LogP contribution in [0, 0.1) is 18.3 Å². The van der Waals surface area contributed by atoms with E-state index in [4.69, 9.17) is 11.1 Å². The van der Waals surface area contributed by atoms with Crippen LogP contribution < -0.4 is 10.6 Å². The van der Waals surface area contributed by atoms with E-state index in [0.29, 0.717) is 0 Å². The lowest BCUT2D eigenvalue weighted by Crippen LogP contribution is -2.34. The third kappa shape index (κ3) is 3.46. The van der Waals surface area contributed by atoms with Crippen molar-refractivity contribution in [3.8, 4) is 0 Å². The van der Waals surface area contributed by atoms with Crippen molar-refractivity contribution >= 4 is 11.7 Å². The van der Waals surface area contributed by atoms with Gasteiger partial charge in [-0.3, -0.25) is 5.41 Å². The molecule has 1 saturated heterocycles. The van der Waals surface area contributed by atoms with Gasteiger partial charge in [-0.1, -0.05) is 19.8 Å². The summed E-state index contributed by atoms with van der Waals surface area (Å²) in [6.07, 6.45) is 5.12. The summed E-state index contributed by atoms with van der Waals surface area (Å²) >= 11 is 0. The molecule has 1 aliphatic rings. The molecule has 0 bridgehead atoms. The Bertz CT molecular complexity index is 447. The molecule has 1 fully saturated rings. The van der Waals surface area contributed by atoms with Gasteiger partial charge in [0.2, 0.25) is 0 Å². The van der Waals surface area contributed by atoms with Gasteiger partial charge in [0.05, 0.1) is 0 Å². The molecular weight excluding hydrogens is 236 g/mol. The molecule has 0 atom stereocenters. The number of pyridine rings is 1. The van der Waals surface area contributed by atoms with Gasteiger partial charge in [0.25, 0.3) is 0 Å². The summed E-state index contributed by atoms with van der Waals surface area (Å²) in [7, 11) is 0. The zero-order valence-electron chi connectivity index (χ0n) is 11.9. The number of nitrogens with one attached hydrogen (secondary N) is 1. The Labute approximate surface area is 115 Å². The van der Waals surface area contributed by atoms with Gasteiger partial charge in [-0.05, 0) is 37.8 Å². The van der Waals surface area contributed by atoms with E-state index < -0.39 is 0 Å². The zero-order valence-corrected chi connectivity index (χ0v) is 11.9. The average molecular weight is 260 g/mol. The second kappa shape index (κ2) is 6.04. The first-order chi connectivity index (χ1) is 9.10. The number of piperidine rings is 1. The molecule has 0 radical (unpaired) electrons. The van der Waals surface area contributed by atoms with Crippen LogP contribution in [0.15, 0.2) is 12.1 Å². The molecule has 19 heavy (non-hydrogen) atoms. The molecule has 4 heteroatoms. The fourth-order valence-corrected chi connectivity index (χ4v) is 2.83. The van der Waals surface area contributed by atoms with Crippen LogP contribution in [0.4, 0.5) is 5.82 Å². The number of aryl methyl sites for hydroxylation is 1. The normalized spacial score (nSPS) is 16.6. The van der Waals surface area contributed by atoms with Gasteiger partial charge >= 0.3 is 0 Å². The largest absolute Gasteiger partial charge is 0.384 e. The predicted molar refractivity (Wildman–Crippen MR) is 79.8 cm³/mol. The smallest absolute Gasteiger partial charge is 0.129 e. The first-order valence-electron chi connectivity index (χ1n) is 7.18. The number of anilines is 1. The Morgan fingerprint density at radius 3 is 2.68 bits per heavy atom. The van der Waals surface area contributed by atoms with Crippen molar-refractivity contribution in [2.45, 2.75) is 39.5 Å². The molecule has 0 spiro atoms. The maximum Gasteiger partial charge on any atom is 0.129 e. The Kier molecular flexibility index (Phi) is 4.40. The van der Waals surface area contributed by atoms with Crippen molar-refractivity contribution < 1.29 is 0 Å². The zero-order chi connectivity index (χ0) is 13.8. The van der Waals surface area contributed by atoms with Crippen molar-refractivity contribution in [3.05, 3.63) is 23.4 Å². The highest BCUT2D eigenvalue weighted by molar-refractivity contribution is 5.95. The van der Waals surface area contributed by atoms with E-state index in [2.05, 4.69) is 16.8 Å². The van der Waals surface area contributed by atoms with Crippen LogP contribution in [-0.4, -0.2) is 23.9 Å². The van der Waals surface area contributed by atoms with Crippen LogP contribution in [-0.2, 0) is 0 Å². The fourth-order valence-electron chi connectivity index (χ4n) is 2.83. The van der Waals surface area contributed by atoms with Gasteiger partial charge in [0.1, 0.15) is 11.7 Å². The molecule has 1 aromatic rings. The molecule has 1 aliphatic heterocycles. The van der Waals surface area contributed by atoms with Crippen molar-refractivity contribution in [2.24, 2.45) is 11.7 Å². The Morgan fingerprint density at radius 2 is 2.11 bits per heavy atom. The lowest BCUT2D eigenvalue weighted by atomic mass is 9.92. The minimum Gasteiger partial charge on any atom is -0.384 e. The van der Waals surface area contributed by atoms with Crippen molar-refractivity contribution in [2.75, 3.05) is 18.0 Å².